The highest BCUT2D eigenvalue weighted by Crippen LogP contribution is 2.33. The fourth-order valence-electron chi connectivity index (χ4n) is 1.75. The van der Waals surface area contributed by atoms with Crippen LogP contribution < -0.4 is 4.74 Å². The summed E-state index contributed by atoms with van der Waals surface area (Å²) >= 11 is 12.0. The molecule has 0 aromatic heterocycles. The first-order valence-electron chi connectivity index (χ1n) is 5.92. The molecule has 0 radical (unpaired) electrons. The van der Waals surface area contributed by atoms with Gasteiger partial charge in [-0.1, -0.05) is 41.4 Å². The number of rotatable bonds is 4. The van der Waals surface area contributed by atoms with E-state index in [1.165, 1.54) is 0 Å². The third kappa shape index (κ3) is 3.87. The molecule has 19 heavy (non-hydrogen) atoms. The Kier molecular flexibility index (Phi) is 4.70. The van der Waals surface area contributed by atoms with Crippen LogP contribution in [0, 0.1) is 0 Å². The Balaban J connectivity index is 2.27. The molecule has 0 aliphatic heterocycles. The molecule has 0 unspecified atom stereocenters. The van der Waals surface area contributed by atoms with Gasteiger partial charge >= 0.3 is 0 Å². The van der Waals surface area contributed by atoms with Crippen molar-refractivity contribution >= 4 is 23.2 Å². The maximum absolute atomic E-state index is 6.12. The van der Waals surface area contributed by atoms with Gasteiger partial charge in [0.05, 0.1) is 5.02 Å². The van der Waals surface area contributed by atoms with E-state index in [0.29, 0.717) is 15.8 Å². The molecule has 2 nitrogen and oxygen atoms in total. The average molecular weight is 296 g/mol. The first-order chi connectivity index (χ1) is 9.06. The van der Waals surface area contributed by atoms with E-state index in [2.05, 4.69) is 4.90 Å². The van der Waals surface area contributed by atoms with Crippen LogP contribution in [0.15, 0.2) is 42.5 Å². The predicted molar refractivity (Wildman–Crippen MR) is 80.4 cm³/mol. The summed E-state index contributed by atoms with van der Waals surface area (Å²) in [6.07, 6.45) is 0. The lowest BCUT2D eigenvalue weighted by molar-refractivity contribution is 0.388. The number of nitrogens with zero attached hydrogens (tertiary/aromatic N) is 1. The third-order valence-electron chi connectivity index (χ3n) is 2.57. The van der Waals surface area contributed by atoms with Gasteiger partial charge in [0, 0.05) is 17.1 Å². The molecule has 0 saturated heterocycles. The molecule has 0 aliphatic rings. The van der Waals surface area contributed by atoms with Gasteiger partial charge in [-0.05, 0) is 38.4 Å². The summed E-state index contributed by atoms with van der Waals surface area (Å²) in [7, 11) is 4.04. The van der Waals surface area contributed by atoms with E-state index >= 15 is 0 Å². The van der Waals surface area contributed by atoms with Gasteiger partial charge in [0.2, 0.25) is 0 Å². The van der Waals surface area contributed by atoms with Gasteiger partial charge < -0.3 is 9.64 Å². The molecule has 0 aliphatic carbocycles. The van der Waals surface area contributed by atoms with Crippen molar-refractivity contribution in [2.24, 2.45) is 0 Å². The predicted octanol–water partition coefficient (Wildman–Crippen LogP) is 4.85. The van der Waals surface area contributed by atoms with Gasteiger partial charge in [0.15, 0.2) is 0 Å². The van der Waals surface area contributed by atoms with Gasteiger partial charge in [0.1, 0.15) is 11.5 Å². The molecule has 0 amide bonds. The largest absolute Gasteiger partial charge is 0.455 e. The molecular formula is C15H15Cl2NO. The molecule has 2 aromatic rings. The fourth-order valence-corrected chi connectivity index (χ4v) is 2.20. The van der Waals surface area contributed by atoms with Crippen molar-refractivity contribution in [1.29, 1.82) is 0 Å². The number of halogens is 2. The van der Waals surface area contributed by atoms with Gasteiger partial charge in [-0.2, -0.15) is 0 Å². The second-order valence-corrected chi connectivity index (χ2v) is 5.37. The second-order valence-electron chi connectivity index (χ2n) is 4.52. The summed E-state index contributed by atoms with van der Waals surface area (Å²) in [5.41, 5.74) is 1.11. The normalized spacial score (nSPS) is 10.8. The van der Waals surface area contributed by atoms with Crippen LogP contribution in [0.5, 0.6) is 11.5 Å². The molecule has 0 bridgehead atoms. The third-order valence-corrected chi connectivity index (χ3v) is 3.10. The molecule has 0 saturated carbocycles. The first kappa shape index (κ1) is 14.2. The van der Waals surface area contributed by atoms with Gasteiger partial charge in [-0.25, -0.2) is 0 Å². The zero-order valence-electron chi connectivity index (χ0n) is 10.9. The summed E-state index contributed by atoms with van der Waals surface area (Å²) in [6, 6.07) is 13.1. The molecule has 0 heterocycles. The zero-order chi connectivity index (χ0) is 13.8. The highest BCUT2D eigenvalue weighted by molar-refractivity contribution is 6.35. The highest BCUT2D eigenvalue weighted by Gasteiger charge is 2.08. The monoisotopic (exact) mass is 295 g/mol. The minimum Gasteiger partial charge on any atom is -0.455 e. The lowest BCUT2D eigenvalue weighted by atomic mass is 10.2. The van der Waals surface area contributed by atoms with E-state index in [9.17, 15) is 0 Å². The average Bonchev–Trinajstić information content (AvgIpc) is 2.34. The number of ether oxygens (including phenoxy) is 1. The summed E-state index contributed by atoms with van der Waals surface area (Å²) in [5.74, 6) is 1.41. The number of hydrogen-bond acceptors (Lipinski definition) is 2. The quantitative estimate of drug-likeness (QED) is 0.800. The second kappa shape index (κ2) is 6.29. The van der Waals surface area contributed by atoms with E-state index in [-0.39, 0.29) is 0 Å². The summed E-state index contributed by atoms with van der Waals surface area (Å²) < 4.78 is 5.88. The molecule has 4 heteroatoms. The Labute approximate surface area is 123 Å². The van der Waals surface area contributed by atoms with Gasteiger partial charge in [-0.15, -0.1) is 0 Å². The lowest BCUT2D eigenvalue weighted by Gasteiger charge is -2.15. The van der Waals surface area contributed by atoms with Crippen molar-refractivity contribution in [1.82, 2.24) is 4.90 Å². The molecule has 0 fully saturated rings. The minimum atomic E-state index is 0.507. The van der Waals surface area contributed by atoms with Crippen molar-refractivity contribution in [2.45, 2.75) is 6.54 Å². The van der Waals surface area contributed by atoms with Crippen LogP contribution in [0.2, 0.25) is 10.0 Å². The van der Waals surface area contributed by atoms with Crippen molar-refractivity contribution in [3.8, 4) is 11.5 Å². The lowest BCUT2D eigenvalue weighted by Crippen LogP contribution is -2.11. The Bertz CT molecular complexity index is 570. The highest BCUT2D eigenvalue weighted by atomic mass is 35.5. The first-order valence-corrected chi connectivity index (χ1v) is 6.67. The Morgan fingerprint density at radius 1 is 1.00 bits per heavy atom. The zero-order valence-corrected chi connectivity index (χ0v) is 12.4. The number of benzene rings is 2. The standard InChI is InChI=1S/C15H15Cl2NO/c1-18(2)10-11-5-3-4-6-14(11)19-15-8-7-12(16)9-13(15)17/h3-9H,10H2,1-2H3. The van der Waals surface area contributed by atoms with Gasteiger partial charge in [-0.3, -0.25) is 0 Å². The van der Waals surface area contributed by atoms with E-state index in [4.69, 9.17) is 27.9 Å². The van der Waals surface area contributed by atoms with Crippen LogP contribution in [0.25, 0.3) is 0 Å². The molecular weight excluding hydrogens is 281 g/mol. The van der Waals surface area contributed by atoms with Crippen molar-refractivity contribution in [3.63, 3.8) is 0 Å². The Hall–Kier alpha value is -1.22. The smallest absolute Gasteiger partial charge is 0.146 e. The van der Waals surface area contributed by atoms with E-state index in [1.54, 1.807) is 18.2 Å². The molecule has 2 aromatic carbocycles. The van der Waals surface area contributed by atoms with E-state index in [0.717, 1.165) is 17.9 Å². The molecule has 0 atom stereocenters. The molecule has 100 valence electrons. The van der Waals surface area contributed by atoms with Crippen LogP contribution in [0.1, 0.15) is 5.56 Å². The summed E-state index contributed by atoms with van der Waals surface area (Å²) in [6.45, 7) is 0.807. The summed E-state index contributed by atoms with van der Waals surface area (Å²) in [4.78, 5) is 2.09. The fraction of sp³-hybridized carbons (Fsp3) is 0.200. The Morgan fingerprint density at radius 3 is 2.42 bits per heavy atom. The molecule has 0 spiro atoms. The van der Waals surface area contributed by atoms with Crippen LogP contribution >= 0.6 is 23.2 Å². The van der Waals surface area contributed by atoms with Crippen molar-refractivity contribution in [3.05, 3.63) is 58.1 Å². The van der Waals surface area contributed by atoms with Crippen molar-refractivity contribution < 1.29 is 4.74 Å². The van der Waals surface area contributed by atoms with Crippen LogP contribution in [-0.2, 0) is 6.54 Å². The van der Waals surface area contributed by atoms with Crippen LogP contribution in [-0.4, -0.2) is 19.0 Å². The molecule has 0 N–H and O–H groups in total. The van der Waals surface area contributed by atoms with E-state index < -0.39 is 0 Å². The van der Waals surface area contributed by atoms with Gasteiger partial charge in [0.25, 0.3) is 0 Å². The van der Waals surface area contributed by atoms with Crippen molar-refractivity contribution in [2.75, 3.05) is 14.1 Å². The van der Waals surface area contributed by atoms with Crippen LogP contribution in [0.3, 0.4) is 0 Å². The maximum Gasteiger partial charge on any atom is 0.146 e. The number of hydrogen-bond donors (Lipinski definition) is 0. The van der Waals surface area contributed by atoms with Crippen LogP contribution in [0.4, 0.5) is 0 Å². The topological polar surface area (TPSA) is 12.5 Å². The minimum absolute atomic E-state index is 0.507. The number of para-hydroxylation sites is 1. The summed E-state index contributed by atoms with van der Waals surface area (Å²) in [5, 5.41) is 1.10. The molecule has 2 rings (SSSR count). The van der Waals surface area contributed by atoms with E-state index in [1.807, 2.05) is 38.4 Å². The Morgan fingerprint density at radius 2 is 1.74 bits per heavy atom. The maximum atomic E-state index is 6.12. The SMILES string of the molecule is CN(C)Cc1ccccc1Oc1ccc(Cl)cc1Cl.